The fourth-order valence-electron chi connectivity index (χ4n) is 2.80. The molecule has 1 aliphatic heterocycles. The second kappa shape index (κ2) is 9.89. The standard InChI is InChI=1S/C17H20N4O3S.2ClH/c18-11-13-7-10-21(12-13)17(22)14-1-3-16(4-2-14)25(23,24)20-15-5-8-19-9-6-15;;/h1-6,8-9,13H,7,10-12,18H2,(H,19,20);2*1H. The zero-order valence-corrected chi connectivity index (χ0v) is 16.9. The molecular formula is C17H22Cl2N4O3S. The zero-order chi connectivity index (χ0) is 17.9. The number of amides is 1. The predicted molar refractivity (Wildman–Crippen MR) is 109 cm³/mol. The molecule has 1 atom stereocenters. The number of carbonyl (C=O) groups excluding carboxylic acids is 1. The van der Waals surface area contributed by atoms with E-state index in [1.165, 1.54) is 24.5 Å². The van der Waals surface area contributed by atoms with Crippen molar-refractivity contribution in [3.05, 3.63) is 54.4 Å². The molecule has 1 aliphatic rings. The SMILES string of the molecule is Cl.Cl.NCC1CCN(C(=O)c2ccc(S(=O)(=O)Nc3ccncc3)cc2)C1. The van der Waals surface area contributed by atoms with E-state index < -0.39 is 10.0 Å². The summed E-state index contributed by atoms with van der Waals surface area (Å²) in [6.45, 7) is 1.91. The quantitative estimate of drug-likeness (QED) is 0.752. The summed E-state index contributed by atoms with van der Waals surface area (Å²) in [6.07, 6.45) is 3.92. The summed E-state index contributed by atoms with van der Waals surface area (Å²) in [7, 11) is -3.71. The highest BCUT2D eigenvalue weighted by atomic mass is 35.5. The summed E-state index contributed by atoms with van der Waals surface area (Å²) < 4.78 is 27.2. The molecule has 3 N–H and O–H groups in total. The van der Waals surface area contributed by atoms with Gasteiger partial charge < -0.3 is 10.6 Å². The second-order valence-electron chi connectivity index (χ2n) is 6.01. The van der Waals surface area contributed by atoms with Crippen LogP contribution in [0.4, 0.5) is 5.69 Å². The van der Waals surface area contributed by atoms with Gasteiger partial charge in [0.1, 0.15) is 0 Å². The Morgan fingerprint density at radius 3 is 2.33 bits per heavy atom. The van der Waals surface area contributed by atoms with Gasteiger partial charge in [0.15, 0.2) is 0 Å². The molecule has 2 heterocycles. The van der Waals surface area contributed by atoms with Gasteiger partial charge in [0.05, 0.1) is 10.6 Å². The Hall–Kier alpha value is -1.87. The largest absolute Gasteiger partial charge is 0.338 e. The molecule has 2 aromatic rings. The van der Waals surface area contributed by atoms with E-state index in [0.29, 0.717) is 36.8 Å². The van der Waals surface area contributed by atoms with Crippen LogP contribution < -0.4 is 10.5 Å². The maximum absolute atomic E-state index is 12.5. The number of likely N-dealkylation sites (tertiary alicyclic amines) is 1. The predicted octanol–water partition coefficient (Wildman–Crippen LogP) is 2.15. The molecule has 0 aliphatic carbocycles. The number of nitrogens with zero attached hydrogens (tertiary/aromatic N) is 2. The van der Waals surface area contributed by atoms with Crippen LogP contribution in [0.3, 0.4) is 0 Å². The van der Waals surface area contributed by atoms with Crippen LogP contribution in [0.5, 0.6) is 0 Å². The first kappa shape index (κ1) is 23.2. The number of pyridine rings is 1. The fraction of sp³-hybridized carbons (Fsp3) is 0.294. The summed E-state index contributed by atoms with van der Waals surface area (Å²) in [5.74, 6) is 0.246. The second-order valence-corrected chi connectivity index (χ2v) is 7.69. The molecule has 148 valence electrons. The molecular weight excluding hydrogens is 411 g/mol. The number of sulfonamides is 1. The number of benzene rings is 1. The number of anilines is 1. The Morgan fingerprint density at radius 2 is 1.78 bits per heavy atom. The average Bonchev–Trinajstić information content (AvgIpc) is 3.11. The van der Waals surface area contributed by atoms with Crippen molar-refractivity contribution in [3.63, 3.8) is 0 Å². The Morgan fingerprint density at radius 1 is 1.15 bits per heavy atom. The van der Waals surface area contributed by atoms with Crippen LogP contribution in [0.2, 0.25) is 0 Å². The van der Waals surface area contributed by atoms with Crippen LogP contribution >= 0.6 is 24.8 Å². The van der Waals surface area contributed by atoms with Crippen molar-refractivity contribution in [2.45, 2.75) is 11.3 Å². The van der Waals surface area contributed by atoms with Gasteiger partial charge in [-0.1, -0.05) is 0 Å². The van der Waals surface area contributed by atoms with E-state index in [-0.39, 0.29) is 35.6 Å². The first-order chi connectivity index (χ1) is 12.0. The molecule has 0 saturated carbocycles. The van der Waals surface area contributed by atoms with Crippen molar-refractivity contribution in [1.82, 2.24) is 9.88 Å². The number of hydrogen-bond donors (Lipinski definition) is 2. The smallest absolute Gasteiger partial charge is 0.261 e. The van der Waals surface area contributed by atoms with Gasteiger partial charge in [0, 0.05) is 31.0 Å². The fourth-order valence-corrected chi connectivity index (χ4v) is 3.86. The molecule has 1 fully saturated rings. The maximum Gasteiger partial charge on any atom is 0.261 e. The Bertz CT molecular complexity index is 848. The van der Waals surface area contributed by atoms with E-state index in [4.69, 9.17) is 5.73 Å². The monoisotopic (exact) mass is 432 g/mol. The molecule has 3 rings (SSSR count). The van der Waals surface area contributed by atoms with Gasteiger partial charge in [0.25, 0.3) is 15.9 Å². The van der Waals surface area contributed by atoms with Crippen LogP contribution in [0.15, 0.2) is 53.7 Å². The number of halogens is 2. The molecule has 0 radical (unpaired) electrons. The van der Waals surface area contributed by atoms with Crippen LogP contribution in [0.1, 0.15) is 16.8 Å². The van der Waals surface area contributed by atoms with Crippen molar-refractivity contribution in [3.8, 4) is 0 Å². The number of carbonyl (C=O) groups is 1. The minimum absolute atomic E-state index is 0. The molecule has 27 heavy (non-hydrogen) atoms. The zero-order valence-electron chi connectivity index (χ0n) is 14.4. The van der Waals surface area contributed by atoms with Crippen LogP contribution in [0, 0.1) is 5.92 Å². The normalized spacial score (nSPS) is 16.2. The van der Waals surface area contributed by atoms with Gasteiger partial charge in [-0.3, -0.25) is 14.5 Å². The number of aromatic nitrogens is 1. The Labute approximate surface area is 171 Å². The third-order valence-corrected chi connectivity index (χ3v) is 5.65. The van der Waals surface area contributed by atoms with Crippen LogP contribution in [-0.2, 0) is 10.0 Å². The molecule has 10 heteroatoms. The van der Waals surface area contributed by atoms with Crippen molar-refractivity contribution < 1.29 is 13.2 Å². The Kier molecular flexibility index (Phi) is 8.49. The van der Waals surface area contributed by atoms with Crippen molar-refractivity contribution in [2.24, 2.45) is 11.7 Å². The lowest BCUT2D eigenvalue weighted by molar-refractivity contribution is 0.0787. The summed E-state index contributed by atoms with van der Waals surface area (Å²) in [6, 6.07) is 9.09. The highest BCUT2D eigenvalue weighted by Gasteiger charge is 2.26. The molecule has 1 amide bonds. The molecule has 0 bridgehead atoms. The summed E-state index contributed by atoms with van der Waals surface area (Å²) in [4.78, 5) is 18.2. The molecule has 0 spiro atoms. The first-order valence-corrected chi connectivity index (χ1v) is 9.50. The minimum atomic E-state index is -3.71. The van der Waals surface area contributed by atoms with Crippen molar-refractivity contribution in [1.29, 1.82) is 0 Å². The number of rotatable bonds is 5. The summed E-state index contributed by atoms with van der Waals surface area (Å²) >= 11 is 0. The van der Waals surface area contributed by atoms with Gasteiger partial charge in [-0.25, -0.2) is 8.42 Å². The van der Waals surface area contributed by atoms with Crippen LogP contribution in [-0.4, -0.2) is 43.8 Å². The van der Waals surface area contributed by atoms with E-state index >= 15 is 0 Å². The topological polar surface area (TPSA) is 105 Å². The van der Waals surface area contributed by atoms with Crippen LogP contribution in [0.25, 0.3) is 0 Å². The highest BCUT2D eigenvalue weighted by molar-refractivity contribution is 7.92. The average molecular weight is 433 g/mol. The van der Waals surface area contributed by atoms with Gasteiger partial charge in [0.2, 0.25) is 0 Å². The Balaban J connectivity index is 0.00000182. The molecule has 7 nitrogen and oxygen atoms in total. The lowest BCUT2D eigenvalue weighted by Gasteiger charge is -2.16. The first-order valence-electron chi connectivity index (χ1n) is 8.02. The highest BCUT2D eigenvalue weighted by Crippen LogP contribution is 2.20. The van der Waals surface area contributed by atoms with Crippen molar-refractivity contribution in [2.75, 3.05) is 24.4 Å². The third kappa shape index (κ3) is 5.55. The number of hydrogen-bond acceptors (Lipinski definition) is 5. The van der Waals surface area contributed by atoms with E-state index in [2.05, 4.69) is 9.71 Å². The van der Waals surface area contributed by atoms with E-state index in [9.17, 15) is 13.2 Å². The minimum Gasteiger partial charge on any atom is -0.338 e. The maximum atomic E-state index is 12.5. The lowest BCUT2D eigenvalue weighted by Crippen LogP contribution is -2.29. The summed E-state index contributed by atoms with van der Waals surface area (Å²) in [5, 5.41) is 0. The van der Waals surface area contributed by atoms with E-state index in [0.717, 1.165) is 6.42 Å². The number of nitrogens with one attached hydrogen (secondary N) is 1. The van der Waals surface area contributed by atoms with Crippen molar-refractivity contribution >= 4 is 46.4 Å². The van der Waals surface area contributed by atoms with E-state index in [1.54, 1.807) is 29.2 Å². The lowest BCUT2D eigenvalue weighted by atomic mass is 10.1. The molecule has 1 aromatic heterocycles. The van der Waals surface area contributed by atoms with Gasteiger partial charge in [-0.15, -0.1) is 24.8 Å². The number of nitrogens with two attached hydrogens (primary N) is 1. The van der Waals surface area contributed by atoms with Gasteiger partial charge >= 0.3 is 0 Å². The molecule has 1 saturated heterocycles. The molecule has 1 aromatic carbocycles. The summed E-state index contributed by atoms with van der Waals surface area (Å²) in [5.41, 5.74) is 6.55. The third-order valence-electron chi connectivity index (χ3n) is 4.25. The van der Waals surface area contributed by atoms with Gasteiger partial charge in [-0.05, 0) is 55.3 Å². The molecule has 1 unspecified atom stereocenters. The van der Waals surface area contributed by atoms with Gasteiger partial charge in [-0.2, -0.15) is 0 Å². The van der Waals surface area contributed by atoms with E-state index in [1.807, 2.05) is 0 Å².